The molecule has 23 heavy (non-hydrogen) atoms. The number of aliphatic carboxylic acids is 1. The number of aromatic amines is 1. The van der Waals surface area contributed by atoms with E-state index in [-0.39, 0.29) is 12.2 Å². The Morgan fingerprint density at radius 3 is 3.00 bits per heavy atom. The Morgan fingerprint density at radius 1 is 1.48 bits per heavy atom. The first-order valence-corrected chi connectivity index (χ1v) is 9.10. The van der Waals surface area contributed by atoms with Gasteiger partial charge >= 0.3 is 5.97 Å². The van der Waals surface area contributed by atoms with Crippen LogP contribution in [0.2, 0.25) is 0 Å². The van der Waals surface area contributed by atoms with Crippen molar-refractivity contribution in [3.05, 3.63) is 17.2 Å². The van der Waals surface area contributed by atoms with E-state index in [0.29, 0.717) is 18.9 Å². The van der Waals surface area contributed by atoms with Crippen LogP contribution in [0.1, 0.15) is 42.4 Å². The monoisotopic (exact) mass is 338 g/mol. The maximum atomic E-state index is 12.2. The first-order chi connectivity index (χ1) is 11.0. The predicted octanol–water partition coefficient (Wildman–Crippen LogP) is 0.406. The molecule has 8 heteroatoms. The number of nitrogens with one attached hydrogen (secondary N) is 2. The van der Waals surface area contributed by atoms with Crippen molar-refractivity contribution in [2.75, 3.05) is 11.5 Å². The van der Waals surface area contributed by atoms with Crippen LogP contribution in [0.25, 0.3) is 0 Å². The third-order valence-corrected chi connectivity index (χ3v) is 5.69. The highest BCUT2D eigenvalue weighted by molar-refractivity contribution is 7.99. The fourth-order valence-electron chi connectivity index (χ4n) is 3.10. The van der Waals surface area contributed by atoms with Crippen molar-refractivity contribution in [3.8, 4) is 0 Å². The molecule has 1 saturated heterocycles. The summed E-state index contributed by atoms with van der Waals surface area (Å²) in [5.74, 6) is 2.50. The van der Waals surface area contributed by atoms with Crippen LogP contribution in [-0.2, 0) is 22.6 Å². The maximum Gasteiger partial charge on any atom is 0.320 e. The number of ketones is 1. The highest BCUT2D eigenvalue weighted by Crippen LogP contribution is 2.30. The molecular formula is C15H22N4O3S. The van der Waals surface area contributed by atoms with E-state index in [9.17, 15) is 9.59 Å². The number of carbonyl (C=O) groups is 2. The normalized spacial score (nSPS) is 25.6. The van der Waals surface area contributed by atoms with Crippen molar-refractivity contribution in [3.63, 3.8) is 0 Å². The zero-order valence-corrected chi connectivity index (χ0v) is 13.7. The summed E-state index contributed by atoms with van der Waals surface area (Å²) in [5, 5.41) is 12.0. The van der Waals surface area contributed by atoms with E-state index in [4.69, 9.17) is 15.8 Å². The van der Waals surface area contributed by atoms with Crippen LogP contribution in [-0.4, -0.2) is 50.4 Å². The van der Waals surface area contributed by atoms with Crippen LogP contribution >= 0.6 is 11.8 Å². The molecule has 3 atom stereocenters. The van der Waals surface area contributed by atoms with Gasteiger partial charge in [0.2, 0.25) is 0 Å². The second-order valence-electron chi connectivity index (χ2n) is 6.21. The van der Waals surface area contributed by atoms with E-state index in [0.717, 1.165) is 29.4 Å². The Kier molecular flexibility index (Phi) is 5.03. The van der Waals surface area contributed by atoms with E-state index < -0.39 is 18.1 Å². The lowest BCUT2D eigenvalue weighted by molar-refractivity contribution is -0.140. The standard InChI is InChI=1S/C15H22N4O3S/c16-9(15(21)22)4-13(20)11-5-10-12(6-17-11)19-14(18-10)8-2-1-3-23-7-8/h8-9,11,17H,1-7,16H2,(H,18,19)(H,21,22)/t8?,9-,11-/m0/s1. The minimum atomic E-state index is -1.15. The maximum absolute atomic E-state index is 12.2. The zero-order chi connectivity index (χ0) is 16.4. The van der Waals surface area contributed by atoms with Crippen molar-refractivity contribution < 1.29 is 14.7 Å². The molecule has 0 saturated carbocycles. The van der Waals surface area contributed by atoms with Gasteiger partial charge in [0.15, 0.2) is 5.78 Å². The molecular weight excluding hydrogens is 316 g/mol. The lowest BCUT2D eigenvalue weighted by Gasteiger charge is -2.22. The van der Waals surface area contributed by atoms with Gasteiger partial charge in [-0.3, -0.25) is 9.59 Å². The summed E-state index contributed by atoms with van der Waals surface area (Å²) in [6.45, 7) is 0.556. The van der Waals surface area contributed by atoms with Crippen molar-refractivity contribution >= 4 is 23.5 Å². The molecule has 2 aliphatic heterocycles. The van der Waals surface area contributed by atoms with Crippen LogP contribution in [0.15, 0.2) is 0 Å². The first kappa shape index (κ1) is 16.5. The number of imidazole rings is 1. The van der Waals surface area contributed by atoms with Gasteiger partial charge in [0, 0.05) is 31.1 Å². The summed E-state index contributed by atoms with van der Waals surface area (Å²) >= 11 is 1.96. The SMILES string of the molecule is N[C@@H](CC(=O)[C@@H]1Cc2nc(C3CCCSC3)[nH]c2CN1)C(=O)O. The molecule has 0 aliphatic carbocycles. The number of nitrogens with two attached hydrogens (primary N) is 1. The molecule has 1 aromatic rings. The molecule has 7 nitrogen and oxygen atoms in total. The number of carboxylic acids is 1. The van der Waals surface area contributed by atoms with Gasteiger partial charge < -0.3 is 21.1 Å². The van der Waals surface area contributed by atoms with Crippen LogP contribution in [0.4, 0.5) is 0 Å². The van der Waals surface area contributed by atoms with E-state index >= 15 is 0 Å². The Hall–Kier alpha value is -1.38. The lowest BCUT2D eigenvalue weighted by atomic mass is 9.97. The molecule has 0 spiro atoms. The van der Waals surface area contributed by atoms with Crippen molar-refractivity contribution in [1.82, 2.24) is 15.3 Å². The molecule has 2 aliphatic rings. The number of rotatable bonds is 5. The van der Waals surface area contributed by atoms with Crippen LogP contribution in [0, 0.1) is 0 Å². The average Bonchev–Trinajstić information content (AvgIpc) is 2.98. The van der Waals surface area contributed by atoms with Gasteiger partial charge in [0.05, 0.1) is 17.4 Å². The van der Waals surface area contributed by atoms with Gasteiger partial charge in [-0.2, -0.15) is 11.8 Å². The highest BCUT2D eigenvalue weighted by Gasteiger charge is 2.30. The number of hydrogen-bond acceptors (Lipinski definition) is 6. The van der Waals surface area contributed by atoms with Crippen molar-refractivity contribution in [2.24, 2.45) is 5.73 Å². The summed E-state index contributed by atoms with van der Waals surface area (Å²) in [4.78, 5) is 31.1. The minimum absolute atomic E-state index is 0.154. The van der Waals surface area contributed by atoms with Gasteiger partial charge in [0.25, 0.3) is 0 Å². The van der Waals surface area contributed by atoms with Gasteiger partial charge in [-0.15, -0.1) is 0 Å². The molecule has 3 heterocycles. The van der Waals surface area contributed by atoms with Crippen LogP contribution < -0.4 is 11.1 Å². The van der Waals surface area contributed by atoms with E-state index in [1.165, 1.54) is 12.2 Å². The molecule has 5 N–H and O–H groups in total. The molecule has 0 radical (unpaired) electrons. The van der Waals surface area contributed by atoms with Crippen LogP contribution in [0.3, 0.4) is 0 Å². The Labute approximate surface area is 138 Å². The van der Waals surface area contributed by atoms with Crippen molar-refractivity contribution in [2.45, 2.75) is 50.2 Å². The number of thioether (sulfide) groups is 1. The summed E-state index contributed by atoms with van der Waals surface area (Å²) in [5.41, 5.74) is 7.42. The lowest BCUT2D eigenvalue weighted by Crippen LogP contribution is -2.45. The fourth-order valence-corrected chi connectivity index (χ4v) is 4.24. The van der Waals surface area contributed by atoms with E-state index in [1.807, 2.05) is 11.8 Å². The quantitative estimate of drug-likeness (QED) is 0.613. The number of nitrogens with zero attached hydrogens (tertiary/aromatic N) is 1. The molecule has 0 aromatic carbocycles. The molecule has 1 fully saturated rings. The smallest absolute Gasteiger partial charge is 0.320 e. The third kappa shape index (κ3) is 3.76. The average molecular weight is 338 g/mol. The summed E-state index contributed by atoms with van der Waals surface area (Å²) in [7, 11) is 0. The molecule has 1 unspecified atom stereocenters. The predicted molar refractivity (Wildman–Crippen MR) is 87.5 cm³/mol. The Bertz CT molecular complexity index is 598. The fraction of sp³-hybridized carbons (Fsp3) is 0.667. The number of aromatic nitrogens is 2. The molecule has 126 valence electrons. The Balaban J connectivity index is 1.65. The second kappa shape index (κ2) is 7.02. The van der Waals surface area contributed by atoms with Gasteiger partial charge in [-0.1, -0.05) is 0 Å². The van der Waals surface area contributed by atoms with Crippen molar-refractivity contribution in [1.29, 1.82) is 0 Å². The highest BCUT2D eigenvalue weighted by atomic mass is 32.2. The topological polar surface area (TPSA) is 121 Å². The number of H-pyrrole nitrogens is 1. The number of Topliss-reactive ketones (excluding diaryl/α,β-unsaturated/α-hetero) is 1. The van der Waals surface area contributed by atoms with Gasteiger partial charge in [0.1, 0.15) is 11.9 Å². The number of fused-ring (bicyclic) bond motifs is 1. The van der Waals surface area contributed by atoms with Crippen LogP contribution in [0.5, 0.6) is 0 Å². The molecule has 0 amide bonds. The van der Waals surface area contributed by atoms with Gasteiger partial charge in [-0.25, -0.2) is 4.98 Å². The minimum Gasteiger partial charge on any atom is -0.480 e. The first-order valence-electron chi connectivity index (χ1n) is 7.94. The molecule has 3 rings (SSSR count). The molecule has 1 aromatic heterocycles. The largest absolute Gasteiger partial charge is 0.480 e. The number of carbonyl (C=O) groups excluding carboxylic acids is 1. The number of hydrogen-bond donors (Lipinski definition) is 4. The molecule has 0 bridgehead atoms. The summed E-state index contributed by atoms with van der Waals surface area (Å²) in [6.07, 6.45) is 2.71. The summed E-state index contributed by atoms with van der Waals surface area (Å²) in [6, 6.07) is -1.54. The van der Waals surface area contributed by atoms with E-state index in [1.54, 1.807) is 0 Å². The number of carboxylic acid groups (broad SMARTS) is 1. The van der Waals surface area contributed by atoms with E-state index in [2.05, 4.69) is 10.3 Å². The Morgan fingerprint density at radius 2 is 2.30 bits per heavy atom. The third-order valence-electron chi connectivity index (χ3n) is 4.48. The second-order valence-corrected chi connectivity index (χ2v) is 7.36. The summed E-state index contributed by atoms with van der Waals surface area (Å²) < 4.78 is 0. The zero-order valence-electron chi connectivity index (χ0n) is 12.9. The van der Waals surface area contributed by atoms with Gasteiger partial charge in [-0.05, 0) is 18.6 Å².